The van der Waals surface area contributed by atoms with E-state index in [0.717, 1.165) is 19.5 Å². The molecule has 0 atom stereocenters. The SMILES string of the molecule is [B]c1ccc(N=C(N)N=C(N)N2CC=CCC2)cc1. The summed E-state index contributed by atoms with van der Waals surface area (Å²) in [6.07, 6.45) is 5.14. The lowest BCUT2D eigenvalue weighted by Crippen LogP contribution is -2.40. The number of hydrogen-bond donors (Lipinski definition) is 2. The maximum absolute atomic E-state index is 5.89. The van der Waals surface area contributed by atoms with Gasteiger partial charge in [0, 0.05) is 13.1 Å². The molecule has 0 saturated heterocycles. The van der Waals surface area contributed by atoms with Crippen molar-refractivity contribution in [1.82, 2.24) is 4.90 Å². The molecule has 0 aliphatic carbocycles. The summed E-state index contributed by atoms with van der Waals surface area (Å²) in [6, 6.07) is 7.07. The molecule has 1 aliphatic rings. The summed E-state index contributed by atoms with van der Waals surface area (Å²) in [7, 11) is 5.60. The second-order valence-corrected chi connectivity index (χ2v) is 4.24. The van der Waals surface area contributed by atoms with E-state index in [-0.39, 0.29) is 5.96 Å². The van der Waals surface area contributed by atoms with Gasteiger partial charge in [-0.25, -0.2) is 4.99 Å². The van der Waals surface area contributed by atoms with Gasteiger partial charge in [-0.05, 0) is 18.6 Å². The van der Waals surface area contributed by atoms with Gasteiger partial charge in [0.1, 0.15) is 7.85 Å². The van der Waals surface area contributed by atoms with E-state index in [2.05, 4.69) is 22.1 Å². The highest BCUT2D eigenvalue weighted by Gasteiger charge is 2.08. The summed E-state index contributed by atoms with van der Waals surface area (Å²) in [5.41, 5.74) is 13.0. The molecule has 0 bridgehead atoms. The summed E-state index contributed by atoms with van der Waals surface area (Å²) < 4.78 is 0. The van der Waals surface area contributed by atoms with Gasteiger partial charge in [0.25, 0.3) is 0 Å². The van der Waals surface area contributed by atoms with E-state index in [1.165, 1.54) is 0 Å². The standard InChI is InChI=1S/C13H16BN5/c14-10-4-6-11(7-5-10)17-12(15)18-13(16)19-8-2-1-3-9-19/h1-2,4-7H,3,8-9H2,(H4,15,16,17,18). The molecule has 19 heavy (non-hydrogen) atoms. The smallest absolute Gasteiger partial charge is 0.223 e. The van der Waals surface area contributed by atoms with E-state index in [1.807, 2.05) is 4.90 Å². The molecule has 0 fully saturated rings. The van der Waals surface area contributed by atoms with Gasteiger partial charge in [0.15, 0.2) is 5.96 Å². The lowest BCUT2D eigenvalue weighted by molar-refractivity contribution is 0.450. The van der Waals surface area contributed by atoms with Crippen LogP contribution < -0.4 is 16.9 Å². The fourth-order valence-corrected chi connectivity index (χ4v) is 1.74. The zero-order chi connectivity index (χ0) is 13.7. The fourth-order valence-electron chi connectivity index (χ4n) is 1.74. The third kappa shape index (κ3) is 3.87. The number of aliphatic imine (C=N–C) groups is 2. The topological polar surface area (TPSA) is 80.0 Å². The van der Waals surface area contributed by atoms with Crippen LogP contribution >= 0.6 is 0 Å². The molecule has 0 unspecified atom stereocenters. The average Bonchev–Trinajstić information content (AvgIpc) is 2.42. The molecule has 4 N–H and O–H groups in total. The second-order valence-electron chi connectivity index (χ2n) is 4.24. The summed E-state index contributed by atoms with van der Waals surface area (Å²) in [4.78, 5) is 10.2. The first-order chi connectivity index (χ1) is 9.15. The monoisotopic (exact) mass is 253 g/mol. The molecule has 6 heteroatoms. The molecule has 2 rings (SSSR count). The van der Waals surface area contributed by atoms with Crippen LogP contribution in [0.2, 0.25) is 0 Å². The minimum absolute atomic E-state index is 0.136. The van der Waals surface area contributed by atoms with Gasteiger partial charge in [-0.2, -0.15) is 4.99 Å². The Hall–Kier alpha value is -2.24. The lowest BCUT2D eigenvalue weighted by atomic mass is 9.96. The highest BCUT2D eigenvalue weighted by atomic mass is 15.3. The number of benzene rings is 1. The number of guanidine groups is 2. The number of nitrogens with two attached hydrogens (primary N) is 2. The first-order valence-electron chi connectivity index (χ1n) is 6.09. The molecule has 96 valence electrons. The van der Waals surface area contributed by atoms with E-state index >= 15 is 0 Å². The van der Waals surface area contributed by atoms with Crippen LogP contribution in [0.15, 0.2) is 46.4 Å². The van der Waals surface area contributed by atoms with Gasteiger partial charge >= 0.3 is 0 Å². The maximum Gasteiger partial charge on any atom is 0.223 e. The minimum Gasteiger partial charge on any atom is -0.369 e. The first-order valence-corrected chi connectivity index (χ1v) is 6.09. The summed E-state index contributed by atoms with van der Waals surface area (Å²) in [5.74, 6) is 0.526. The van der Waals surface area contributed by atoms with Crippen molar-refractivity contribution in [3.8, 4) is 0 Å². The van der Waals surface area contributed by atoms with Gasteiger partial charge in [0.05, 0.1) is 5.69 Å². The van der Waals surface area contributed by atoms with Gasteiger partial charge in [0.2, 0.25) is 5.96 Å². The third-order valence-corrected chi connectivity index (χ3v) is 2.75. The Morgan fingerprint density at radius 3 is 2.53 bits per heavy atom. The van der Waals surface area contributed by atoms with Crippen LogP contribution in [0.25, 0.3) is 0 Å². The van der Waals surface area contributed by atoms with Crippen LogP contribution in [0.4, 0.5) is 5.69 Å². The fraction of sp³-hybridized carbons (Fsp3) is 0.231. The number of hydrogen-bond acceptors (Lipinski definition) is 1. The highest BCUT2D eigenvalue weighted by Crippen LogP contribution is 2.08. The van der Waals surface area contributed by atoms with Crippen molar-refractivity contribution in [2.24, 2.45) is 21.5 Å². The van der Waals surface area contributed by atoms with E-state index in [4.69, 9.17) is 19.3 Å². The zero-order valence-electron chi connectivity index (χ0n) is 10.7. The predicted molar refractivity (Wildman–Crippen MR) is 80.1 cm³/mol. The Morgan fingerprint density at radius 1 is 1.16 bits per heavy atom. The van der Waals surface area contributed by atoms with E-state index < -0.39 is 0 Å². The number of nitrogens with zero attached hydrogens (tertiary/aromatic N) is 3. The molecule has 0 amide bonds. The van der Waals surface area contributed by atoms with Gasteiger partial charge in [-0.15, -0.1) is 0 Å². The molecule has 1 aromatic carbocycles. The lowest BCUT2D eigenvalue weighted by Gasteiger charge is -2.23. The van der Waals surface area contributed by atoms with E-state index in [9.17, 15) is 0 Å². The Morgan fingerprint density at radius 2 is 1.89 bits per heavy atom. The predicted octanol–water partition coefficient (Wildman–Crippen LogP) is 0.00320. The van der Waals surface area contributed by atoms with Crippen molar-refractivity contribution in [1.29, 1.82) is 0 Å². The molecular weight excluding hydrogens is 237 g/mol. The molecule has 2 radical (unpaired) electrons. The summed E-state index contributed by atoms with van der Waals surface area (Å²) in [5, 5.41) is 0. The van der Waals surface area contributed by atoms with Crippen LogP contribution in [0.1, 0.15) is 6.42 Å². The average molecular weight is 253 g/mol. The minimum atomic E-state index is 0.136. The quantitative estimate of drug-likeness (QED) is 0.320. The van der Waals surface area contributed by atoms with Gasteiger partial charge in [-0.1, -0.05) is 29.7 Å². The Balaban J connectivity index is 2.08. The molecule has 1 aromatic rings. The van der Waals surface area contributed by atoms with Crippen LogP contribution in [0.3, 0.4) is 0 Å². The van der Waals surface area contributed by atoms with Gasteiger partial charge < -0.3 is 16.4 Å². The molecule has 1 heterocycles. The number of rotatable bonds is 1. The largest absolute Gasteiger partial charge is 0.369 e. The highest BCUT2D eigenvalue weighted by molar-refractivity contribution is 6.32. The van der Waals surface area contributed by atoms with Crippen LogP contribution in [-0.4, -0.2) is 37.8 Å². The van der Waals surface area contributed by atoms with Crippen LogP contribution in [-0.2, 0) is 0 Å². The van der Waals surface area contributed by atoms with Crippen molar-refractivity contribution < 1.29 is 0 Å². The van der Waals surface area contributed by atoms with E-state index in [0.29, 0.717) is 17.1 Å². The first kappa shape index (κ1) is 13.2. The van der Waals surface area contributed by atoms with Crippen molar-refractivity contribution in [2.45, 2.75) is 6.42 Å². The maximum atomic E-state index is 5.89. The molecule has 5 nitrogen and oxygen atoms in total. The zero-order valence-corrected chi connectivity index (χ0v) is 10.7. The molecule has 0 aromatic heterocycles. The molecule has 0 spiro atoms. The summed E-state index contributed by atoms with van der Waals surface area (Å²) in [6.45, 7) is 1.60. The van der Waals surface area contributed by atoms with Crippen LogP contribution in [0, 0.1) is 0 Å². The molecule has 1 aliphatic heterocycles. The second kappa shape index (κ2) is 6.09. The van der Waals surface area contributed by atoms with Crippen molar-refractivity contribution in [3.63, 3.8) is 0 Å². The van der Waals surface area contributed by atoms with Crippen molar-refractivity contribution in [2.75, 3.05) is 13.1 Å². The third-order valence-electron chi connectivity index (χ3n) is 2.75. The van der Waals surface area contributed by atoms with E-state index in [1.54, 1.807) is 24.3 Å². The summed E-state index contributed by atoms with van der Waals surface area (Å²) >= 11 is 0. The van der Waals surface area contributed by atoms with Crippen LogP contribution in [0.5, 0.6) is 0 Å². The van der Waals surface area contributed by atoms with Gasteiger partial charge in [-0.3, -0.25) is 0 Å². The Labute approximate surface area is 114 Å². The molecule has 0 saturated carbocycles. The molecular formula is C13H16BN5. The Kier molecular flexibility index (Phi) is 4.23. The normalized spacial score (nSPS) is 16.7. The Bertz CT molecular complexity index is 518. The van der Waals surface area contributed by atoms with Crippen molar-refractivity contribution in [3.05, 3.63) is 36.4 Å². The van der Waals surface area contributed by atoms with Crippen molar-refractivity contribution >= 4 is 30.9 Å².